The number of pyridine rings is 1. The van der Waals surface area contributed by atoms with Gasteiger partial charge in [-0.3, -0.25) is 18.9 Å². The van der Waals surface area contributed by atoms with Gasteiger partial charge in [0.25, 0.3) is 11.5 Å². The molecule has 1 amide bonds. The van der Waals surface area contributed by atoms with Gasteiger partial charge in [-0.15, -0.1) is 11.3 Å². The molecule has 0 bridgehead atoms. The number of piperazine rings is 1. The highest BCUT2D eigenvalue weighted by Gasteiger charge is 2.29. The molecule has 0 spiro atoms. The summed E-state index contributed by atoms with van der Waals surface area (Å²) in [6.07, 6.45) is 1.71. The molecule has 1 aliphatic heterocycles. The second-order valence-electron chi connectivity index (χ2n) is 8.73. The molecule has 0 N–H and O–H groups in total. The number of aromatic nitrogens is 2. The van der Waals surface area contributed by atoms with Crippen molar-refractivity contribution < 1.29 is 4.79 Å². The molecule has 6 rings (SSSR count). The molecule has 0 unspecified atom stereocenters. The fourth-order valence-corrected chi connectivity index (χ4v) is 5.87. The van der Waals surface area contributed by atoms with Crippen molar-refractivity contribution in [1.29, 1.82) is 0 Å². The zero-order chi connectivity index (χ0) is 23.8. The van der Waals surface area contributed by atoms with Crippen molar-refractivity contribution in [1.82, 2.24) is 19.2 Å². The van der Waals surface area contributed by atoms with Gasteiger partial charge in [0.1, 0.15) is 10.5 Å². The van der Waals surface area contributed by atoms with Crippen LogP contribution in [0.3, 0.4) is 0 Å². The smallest absolute Gasteiger partial charge is 0.266 e. The summed E-state index contributed by atoms with van der Waals surface area (Å²) in [5, 5.41) is 0.494. The minimum Gasteiger partial charge on any atom is -0.335 e. The molecule has 4 heterocycles. The Morgan fingerprint density at radius 2 is 1.46 bits per heavy atom. The van der Waals surface area contributed by atoms with E-state index in [1.54, 1.807) is 24.4 Å². The van der Waals surface area contributed by atoms with Gasteiger partial charge in [0, 0.05) is 32.4 Å². The fraction of sp³-hybridized carbons (Fsp3) is 0.179. The Kier molecular flexibility index (Phi) is 5.64. The summed E-state index contributed by atoms with van der Waals surface area (Å²) in [7, 11) is 0. The highest BCUT2D eigenvalue weighted by molar-refractivity contribution is 7.20. The maximum atomic E-state index is 13.4. The third-order valence-corrected chi connectivity index (χ3v) is 7.64. The number of hydrogen-bond donors (Lipinski definition) is 0. The molecule has 1 aliphatic rings. The first-order valence-corrected chi connectivity index (χ1v) is 12.5. The van der Waals surface area contributed by atoms with Gasteiger partial charge in [0.15, 0.2) is 0 Å². The predicted octanol–water partition coefficient (Wildman–Crippen LogP) is 4.46. The van der Waals surface area contributed by atoms with Gasteiger partial charge < -0.3 is 4.90 Å². The van der Waals surface area contributed by atoms with E-state index in [1.807, 2.05) is 23.1 Å². The molecule has 0 saturated carbocycles. The van der Waals surface area contributed by atoms with Crippen molar-refractivity contribution in [2.75, 3.05) is 26.2 Å². The number of benzene rings is 2. The van der Waals surface area contributed by atoms with E-state index >= 15 is 0 Å². The number of rotatable bonds is 4. The number of thiophene rings is 1. The fourth-order valence-electron chi connectivity index (χ4n) is 4.88. The van der Waals surface area contributed by atoms with Crippen LogP contribution in [0.5, 0.6) is 0 Å². The molecule has 3 aromatic heterocycles. The van der Waals surface area contributed by atoms with Crippen molar-refractivity contribution in [3.8, 4) is 0 Å². The quantitative estimate of drug-likeness (QED) is 0.381. The topological polar surface area (TPSA) is 57.9 Å². The van der Waals surface area contributed by atoms with Crippen LogP contribution in [0.2, 0.25) is 0 Å². The Bertz CT molecular complexity index is 1510. The lowest BCUT2D eigenvalue weighted by molar-refractivity contribution is 0.0602. The highest BCUT2D eigenvalue weighted by Crippen LogP contribution is 2.30. The third kappa shape index (κ3) is 4.03. The van der Waals surface area contributed by atoms with E-state index in [4.69, 9.17) is 0 Å². The maximum absolute atomic E-state index is 13.4. The molecular formula is C28H24N4O2S. The predicted molar refractivity (Wildman–Crippen MR) is 139 cm³/mol. The number of carbonyl (C=O) groups is 1. The average molecular weight is 481 g/mol. The highest BCUT2D eigenvalue weighted by atomic mass is 32.1. The lowest BCUT2D eigenvalue weighted by atomic mass is 9.96. The summed E-state index contributed by atoms with van der Waals surface area (Å²) in [5.74, 6) is -0.0305. The van der Waals surface area contributed by atoms with Gasteiger partial charge in [-0.05, 0) is 29.3 Å². The van der Waals surface area contributed by atoms with Crippen molar-refractivity contribution >= 4 is 33.1 Å². The van der Waals surface area contributed by atoms with Crippen LogP contribution in [-0.4, -0.2) is 51.3 Å². The Morgan fingerprint density at radius 1 is 0.829 bits per heavy atom. The van der Waals surface area contributed by atoms with Crippen LogP contribution in [0.15, 0.2) is 95.9 Å². The minimum atomic E-state index is -0.140. The van der Waals surface area contributed by atoms with E-state index < -0.39 is 0 Å². The Hall–Kier alpha value is -3.81. The zero-order valence-electron chi connectivity index (χ0n) is 19.1. The van der Waals surface area contributed by atoms with Crippen molar-refractivity contribution in [2.24, 2.45) is 0 Å². The Labute approximate surface area is 206 Å². The van der Waals surface area contributed by atoms with Crippen molar-refractivity contribution in [3.05, 3.63) is 117 Å². The minimum absolute atomic E-state index is 0.0305. The van der Waals surface area contributed by atoms with Crippen LogP contribution in [-0.2, 0) is 0 Å². The molecule has 6 nitrogen and oxygen atoms in total. The summed E-state index contributed by atoms with van der Waals surface area (Å²) in [6.45, 7) is 2.82. The number of fused-ring (bicyclic) bond motifs is 2. The number of carbonyl (C=O) groups excluding carboxylic acids is 1. The van der Waals surface area contributed by atoms with E-state index in [1.165, 1.54) is 26.9 Å². The molecule has 7 heteroatoms. The lowest BCUT2D eigenvalue weighted by Crippen LogP contribution is -2.49. The van der Waals surface area contributed by atoms with Crippen molar-refractivity contribution in [3.63, 3.8) is 0 Å². The molecule has 0 aliphatic carbocycles. The van der Waals surface area contributed by atoms with Crippen LogP contribution in [0, 0.1) is 0 Å². The van der Waals surface area contributed by atoms with Crippen LogP contribution < -0.4 is 5.56 Å². The molecule has 5 aromatic rings. The van der Waals surface area contributed by atoms with E-state index in [0.717, 1.165) is 13.1 Å². The molecule has 174 valence electrons. The van der Waals surface area contributed by atoms with E-state index in [2.05, 4.69) is 58.4 Å². The van der Waals surface area contributed by atoms with Gasteiger partial charge in [-0.2, -0.15) is 0 Å². The molecular weight excluding hydrogens is 456 g/mol. The third-order valence-electron chi connectivity index (χ3n) is 6.62. The number of amides is 1. The SMILES string of the molecule is O=C(c1cc2c(=O)n3ccccc3nc2s1)N1CCN(C(c2ccccc2)c2ccccc2)CC1. The van der Waals surface area contributed by atoms with Gasteiger partial charge in [-0.25, -0.2) is 4.98 Å². The summed E-state index contributed by atoms with van der Waals surface area (Å²) in [6, 6.07) is 28.4. The summed E-state index contributed by atoms with van der Waals surface area (Å²) >= 11 is 1.30. The second-order valence-corrected chi connectivity index (χ2v) is 9.76. The van der Waals surface area contributed by atoms with Gasteiger partial charge >= 0.3 is 0 Å². The molecule has 0 atom stereocenters. The normalized spacial score (nSPS) is 14.7. The summed E-state index contributed by atoms with van der Waals surface area (Å²) < 4.78 is 1.52. The Balaban J connectivity index is 1.24. The second kappa shape index (κ2) is 9.09. The molecule has 0 radical (unpaired) electrons. The van der Waals surface area contributed by atoms with Gasteiger partial charge in [0.2, 0.25) is 0 Å². The van der Waals surface area contributed by atoms with E-state index in [0.29, 0.717) is 33.8 Å². The Morgan fingerprint density at radius 3 is 2.11 bits per heavy atom. The van der Waals surface area contributed by atoms with E-state index in [9.17, 15) is 9.59 Å². The van der Waals surface area contributed by atoms with Crippen molar-refractivity contribution in [2.45, 2.75) is 6.04 Å². The monoisotopic (exact) mass is 480 g/mol. The van der Waals surface area contributed by atoms with Crippen LogP contribution >= 0.6 is 11.3 Å². The van der Waals surface area contributed by atoms with Gasteiger partial charge in [-0.1, -0.05) is 66.7 Å². The lowest BCUT2D eigenvalue weighted by Gasteiger charge is -2.39. The van der Waals surface area contributed by atoms with Crippen LogP contribution in [0.25, 0.3) is 15.9 Å². The van der Waals surface area contributed by atoms with Crippen LogP contribution in [0.1, 0.15) is 26.8 Å². The first-order chi connectivity index (χ1) is 17.2. The average Bonchev–Trinajstić information content (AvgIpc) is 3.35. The molecule has 35 heavy (non-hydrogen) atoms. The van der Waals surface area contributed by atoms with Gasteiger partial charge in [0.05, 0.1) is 16.3 Å². The first kappa shape index (κ1) is 21.7. The number of hydrogen-bond acceptors (Lipinski definition) is 5. The summed E-state index contributed by atoms with van der Waals surface area (Å²) in [5.41, 5.74) is 2.95. The van der Waals surface area contributed by atoms with Crippen LogP contribution in [0.4, 0.5) is 0 Å². The maximum Gasteiger partial charge on any atom is 0.266 e. The largest absolute Gasteiger partial charge is 0.335 e. The number of nitrogens with zero attached hydrogens (tertiary/aromatic N) is 4. The van der Waals surface area contributed by atoms with E-state index in [-0.39, 0.29) is 17.5 Å². The first-order valence-electron chi connectivity index (χ1n) is 11.7. The zero-order valence-corrected chi connectivity index (χ0v) is 19.9. The summed E-state index contributed by atoms with van der Waals surface area (Å²) in [4.78, 5) is 36.4. The standard InChI is InChI=1S/C28H24N4O2S/c33-27-22-19-23(35-26(22)29-24-13-7-8-14-32(24)27)28(34)31-17-15-30(16-18-31)25(20-9-3-1-4-10-20)21-11-5-2-6-12-21/h1-14,19,25H,15-18H2. The molecule has 1 saturated heterocycles. The molecule has 2 aromatic carbocycles. The molecule has 1 fully saturated rings.